The Hall–Kier alpha value is -3.35. The second kappa shape index (κ2) is 9.07. The molecular formula is C18H17NO6. The number of carbonyl (C=O) groups is 3. The predicted octanol–water partition coefficient (Wildman–Crippen LogP) is 1.92. The van der Waals surface area contributed by atoms with Gasteiger partial charge in [0.2, 0.25) is 0 Å². The molecule has 0 saturated heterocycles. The van der Waals surface area contributed by atoms with Crippen LogP contribution in [-0.2, 0) is 19.1 Å². The molecule has 1 N–H and O–H groups in total. The fourth-order valence-corrected chi connectivity index (χ4v) is 1.80. The summed E-state index contributed by atoms with van der Waals surface area (Å²) >= 11 is 0. The summed E-state index contributed by atoms with van der Waals surface area (Å²) in [6, 6.07) is 15.7. The summed E-state index contributed by atoms with van der Waals surface area (Å²) in [7, 11) is 1.18. The molecule has 0 aromatic heterocycles. The van der Waals surface area contributed by atoms with E-state index in [1.165, 1.54) is 7.11 Å². The van der Waals surface area contributed by atoms with Crippen LogP contribution in [0.25, 0.3) is 0 Å². The molecule has 0 aliphatic heterocycles. The van der Waals surface area contributed by atoms with Gasteiger partial charge in [0.15, 0.2) is 6.61 Å². The van der Waals surface area contributed by atoms with Crippen LogP contribution in [0.5, 0.6) is 11.5 Å². The molecular weight excluding hydrogens is 326 g/mol. The monoisotopic (exact) mass is 343 g/mol. The number of hydrogen-bond donors (Lipinski definition) is 1. The summed E-state index contributed by atoms with van der Waals surface area (Å²) < 4.78 is 14.6. The summed E-state index contributed by atoms with van der Waals surface area (Å²) in [5, 5.41) is 2.40. The molecule has 25 heavy (non-hydrogen) atoms. The van der Waals surface area contributed by atoms with Gasteiger partial charge >= 0.3 is 11.9 Å². The van der Waals surface area contributed by atoms with Gasteiger partial charge in [0.05, 0.1) is 7.11 Å². The van der Waals surface area contributed by atoms with E-state index < -0.39 is 24.5 Å². The van der Waals surface area contributed by atoms with Gasteiger partial charge in [-0.15, -0.1) is 0 Å². The van der Waals surface area contributed by atoms with E-state index in [9.17, 15) is 14.4 Å². The van der Waals surface area contributed by atoms with Crippen molar-refractivity contribution in [3.8, 4) is 11.5 Å². The first-order valence-corrected chi connectivity index (χ1v) is 7.42. The van der Waals surface area contributed by atoms with E-state index in [2.05, 4.69) is 14.8 Å². The molecule has 2 aromatic rings. The van der Waals surface area contributed by atoms with Gasteiger partial charge in [-0.1, -0.05) is 18.2 Å². The number of esters is 2. The Morgan fingerprint density at radius 1 is 0.880 bits per heavy atom. The highest BCUT2D eigenvalue weighted by atomic mass is 16.6. The Balaban J connectivity index is 1.82. The SMILES string of the molecule is COC(=O)COC(=O)CNC(=O)c1ccc(Oc2ccccc2)cc1. The van der Waals surface area contributed by atoms with Gasteiger partial charge in [0.1, 0.15) is 18.0 Å². The smallest absolute Gasteiger partial charge is 0.344 e. The molecule has 0 atom stereocenters. The van der Waals surface area contributed by atoms with Gasteiger partial charge in [-0.3, -0.25) is 9.59 Å². The fourth-order valence-electron chi connectivity index (χ4n) is 1.80. The Morgan fingerprint density at radius 2 is 1.52 bits per heavy atom. The molecule has 1 amide bonds. The molecule has 0 radical (unpaired) electrons. The first kappa shape index (κ1) is 18.0. The van der Waals surface area contributed by atoms with Crippen LogP contribution in [0.3, 0.4) is 0 Å². The minimum Gasteiger partial charge on any atom is -0.466 e. The van der Waals surface area contributed by atoms with E-state index in [-0.39, 0.29) is 6.54 Å². The van der Waals surface area contributed by atoms with Crippen molar-refractivity contribution in [1.82, 2.24) is 5.32 Å². The second-order valence-corrected chi connectivity index (χ2v) is 4.86. The molecule has 0 saturated carbocycles. The average Bonchev–Trinajstić information content (AvgIpc) is 2.65. The minimum atomic E-state index is -0.734. The van der Waals surface area contributed by atoms with Crippen LogP contribution >= 0.6 is 0 Å². The van der Waals surface area contributed by atoms with Crippen molar-refractivity contribution in [2.75, 3.05) is 20.3 Å². The number of amides is 1. The molecule has 7 nitrogen and oxygen atoms in total. The van der Waals surface area contributed by atoms with E-state index in [0.717, 1.165) is 0 Å². The van der Waals surface area contributed by atoms with Gasteiger partial charge in [-0.2, -0.15) is 0 Å². The molecule has 0 spiro atoms. The molecule has 0 aliphatic carbocycles. The van der Waals surface area contributed by atoms with Crippen LogP contribution in [0.2, 0.25) is 0 Å². The van der Waals surface area contributed by atoms with Crippen LogP contribution in [-0.4, -0.2) is 38.1 Å². The number of benzene rings is 2. The van der Waals surface area contributed by atoms with Gasteiger partial charge in [0, 0.05) is 5.56 Å². The number of nitrogens with one attached hydrogen (secondary N) is 1. The lowest BCUT2D eigenvalue weighted by Crippen LogP contribution is -2.31. The molecule has 2 aromatic carbocycles. The Labute approximate surface area is 144 Å². The Morgan fingerprint density at radius 3 is 2.16 bits per heavy atom. The maximum atomic E-state index is 12.0. The normalized spacial score (nSPS) is 9.80. The molecule has 0 bridgehead atoms. The number of para-hydroxylation sites is 1. The van der Waals surface area contributed by atoms with Crippen LogP contribution in [0.4, 0.5) is 0 Å². The molecule has 0 fully saturated rings. The lowest BCUT2D eigenvalue weighted by molar-refractivity contribution is -0.156. The molecule has 2 rings (SSSR count). The highest BCUT2D eigenvalue weighted by Gasteiger charge is 2.11. The summed E-state index contributed by atoms with van der Waals surface area (Å²) in [6.07, 6.45) is 0. The van der Waals surface area contributed by atoms with E-state index in [1.807, 2.05) is 30.3 Å². The van der Waals surface area contributed by atoms with Gasteiger partial charge in [-0.25, -0.2) is 4.79 Å². The summed E-state index contributed by atoms with van der Waals surface area (Å²) in [4.78, 5) is 34.2. The standard InChI is InChI=1S/C18H17NO6/c1-23-17(21)12-24-16(20)11-19-18(22)13-7-9-15(10-8-13)25-14-5-3-2-4-6-14/h2-10H,11-12H2,1H3,(H,19,22). The van der Waals surface area contributed by atoms with Crippen molar-refractivity contribution < 1.29 is 28.6 Å². The lowest BCUT2D eigenvalue weighted by atomic mass is 10.2. The van der Waals surface area contributed by atoms with Gasteiger partial charge < -0.3 is 19.5 Å². The maximum Gasteiger partial charge on any atom is 0.344 e. The number of ether oxygens (including phenoxy) is 3. The van der Waals surface area contributed by atoms with E-state index >= 15 is 0 Å². The second-order valence-electron chi connectivity index (χ2n) is 4.86. The van der Waals surface area contributed by atoms with E-state index in [4.69, 9.17) is 4.74 Å². The average molecular weight is 343 g/mol. The summed E-state index contributed by atoms with van der Waals surface area (Å²) in [6.45, 7) is -0.838. The largest absolute Gasteiger partial charge is 0.466 e. The van der Waals surface area contributed by atoms with Crippen LogP contribution < -0.4 is 10.1 Å². The number of rotatable bonds is 7. The summed E-state index contributed by atoms with van der Waals surface area (Å²) in [5.74, 6) is -0.578. The Kier molecular flexibility index (Phi) is 6.53. The van der Waals surface area contributed by atoms with Crippen molar-refractivity contribution in [2.45, 2.75) is 0 Å². The quantitative estimate of drug-likeness (QED) is 0.773. The van der Waals surface area contributed by atoms with E-state index in [0.29, 0.717) is 17.1 Å². The van der Waals surface area contributed by atoms with Crippen molar-refractivity contribution in [3.63, 3.8) is 0 Å². The van der Waals surface area contributed by atoms with Crippen molar-refractivity contribution in [1.29, 1.82) is 0 Å². The van der Waals surface area contributed by atoms with Gasteiger partial charge in [-0.05, 0) is 36.4 Å². The topological polar surface area (TPSA) is 90.9 Å². The van der Waals surface area contributed by atoms with Crippen LogP contribution in [0.1, 0.15) is 10.4 Å². The number of carbonyl (C=O) groups excluding carboxylic acids is 3. The Bertz CT molecular complexity index is 727. The fraction of sp³-hybridized carbons (Fsp3) is 0.167. The first-order chi connectivity index (χ1) is 12.1. The molecule has 0 heterocycles. The highest BCUT2D eigenvalue weighted by Crippen LogP contribution is 2.21. The zero-order chi connectivity index (χ0) is 18.1. The van der Waals surface area contributed by atoms with Gasteiger partial charge in [0.25, 0.3) is 5.91 Å². The zero-order valence-corrected chi connectivity index (χ0v) is 13.6. The predicted molar refractivity (Wildman–Crippen MR) is 88.3 cm³/mol. The molecule has 7 heteroatoms. The third kappa shape index (κ3) is 5.98. The summed E-state index contributed by atoms with van der Waals surface area (Å²) in [5.41, 5.74) is 0.362. The third-order valence-electron chi connectivity index (χ3n) is 3.07. The molecule has 0 unspecified atom stereocenters. The maximum absolute atomic E-state index is 12.0. The van der Waals surface area contributed by atoms with Crippen LogP contribution in [0.15, 0.2) is 54.6 Å². The van der Waals surface area contributed by atoms with Crippen molar-refractivity contribution in [2.24, 2.45) is 0 Å². The highest BCUT2D eigenvalue weighted by molar-refractivity contribution is 5.96. The van der Waals surface area contributed by atoms with Crippen molar-refractivity contribution in [3.05, 3.63) is 60.2 Å². The number of methoxy groups -OCH3 is 1. The molecule has 0 aliphatic rings. The lowest BCUT2D eigenvalue weighted by Gasteiger charge is -2.08. The minimum absolute atomic E-state index is 0.349. The zero-order valence-electron chi connectivity index (χ0n) is 13.6. The van der Waals surface area contributed by atoms with Crippen molar-refractivity contribution >= 4 is 17.8 Å². The molecule has 130 valence electrons. The first-order valence-electron chi connectivity index (χ1n) is 7.42. The van der Waals surface area contributed by atoms with E-state index in [1.54, 1.807) is 24.3 Å². The third-order valence-corrected chi connectivity index (χ3v) is 3.07. The van der Waals surface area contributed by atoms with Crippen LogP contribution in [0, 0.1) is 0 Å². The number of hydrogen-bond acceptors (Lipinski definition) is 6.